The molecule has 1 atom stereocenters. The van der Waals surface area contributed by atoms with Crippen molar-refractivity contribution in [3.8, 4) is 0 Å². The van der Waals surface area contributed by atoms with Crippen molar-refractivity contribution in [2.45, 2.75) is 39.2 Å². The molecule has 1 saturated heterocycles. The zero-order chi connectivity index (χ0) is 9.14. The van der Waals surface area contributed by atoms with Gasteiger partial charge >= 0.3 is 0 Å². The molecule has 0 aromatic heterocycles. The second-order valence-corrected chi connectivity index (χ2v) is 3.57. The van der Waals surface area contributed by atoms with E-state index in [9.17, 15) is 9.59 Å². The van der Waals surface area contributed by atoms with Gasteiger partial charge in [-0.05, 0) is 12.8 Å². The number of amides is 1. The van der Waals surface area contributed by atoms with Gasteiger partial charge in [0, 0.05) is 12.3 Å². The van der Waals surface area contributed by atoms with E-state index in [2.05, 4.69) is 5.32 Å². The van der Waals surface area contributed by atoms with Crippen LogP contribution in [0.5, 0.6) is 0 Å². The van der Waals surface area contributed by atoms with Crippen LogP contribution in [0, 0.1) is 5.92 Å². The van der Waals surface area contributed by atoms with Gasteiger partial charge in [0.1, 0.15) is 0 Å². The minimum absolute atomic E-state index is 0.0141. The predicted octanol–water partition coefficient (Wildman–Crippen LogP) is 0.880. The van der Waals surface area contributed by atoms with Crippen molar-refractivity contribution in [3.05, 3.63) is 0 Å². The molecule has 3 heteroatoms. The summed E-state index contributed by atoms with van der Waals surface area (Å²) in [7, 11) is 0. The molecule has 0 aromatic carbocycles. The third-order valence-corrected chi connectivity index (χ3v) is 2.14. The van der Waals surface area contributed by atoms with E-state index in [1.54, 1.807) is 0 Å². The highest BCUT2D eigenvalue weighted by atomic mass is 16.2. The summed E-state index contributed by atoms with van der Waals surface area (Å²) in [4.78, 5) is 22.4. The lowest BCUT2D eigenvalue weighted by molar-refractivity contribution is -0.131. The van der Waals surface area contributed by atoms with Crippen molar-refractivity contribution < 1.29 is 9.59 Å². The Bertz CT molecular complexity index is 199. The van der Waals surface area contributed by atoms with Crippen LogP contribution in [-0.2, 0) is 9.59 Å². The smallest absolute Gasteiger partial charge is 0.220 e. The second kappa shape index (κ2) is 3.70. The van der Waals surface area contributed by atoms with Crippen LogP contribution in [0.3, 0.4) is 0 Å². The summed E-state index contributed by atoms with van der Waals surface area (Å²) in [6.45, 7) is 3.73. The lowest BCUT2D eigenvalue weighted by Crippen LogP contribution is -2.45. The molecule has 1 aliphatic heterocycles. The van der Waals surface area contributed by atoms with E-state index in [1.807, 2.05) is 13.8 Å². The second-order valence-electron chi connectivity index (χ2n) is 3.57. The van der Waals surface area contributed by atoms with E-state index in [4.69, 9.17) is 0 Å². The SMILES string of the molecule is CC(C)C(=O)C1CCCC(=O)N1. The molecule has 0 spiro atoms. The number of Topliss-reactive ketones (excluding diaryl/α,β-unsaturated/α-hetero) is 1. The fraction of sp³-hybridized carbons (Fsp3) is 0.778. The summed E-state index contributed by atoms with van der Waals surface area (Å²) in [5, 5.41) is 2.71. The van der Waals surface area contributed by atoms with Gasteiger partial charge in [0.25, 0.3) is 0 Å². The third-order valence-electron chi connectivity index (χ3n) is 2.14. The molecule has 12 heavy (non-hydrogen) atoms. The van der Waals surface area contributed by atoms with E-state index in [1.165, 1.54) is 0 Å². The molecule has 0 bridgehead atoms. The predicted molar refractivity (Wildman–Crippen MR) is 45.6 cm³/mol. The third kappa shape index (κ3) is 2.06. The van der Waals surface area contributed by atoms with Gasteiger partial charge in [0.2, 0.25) is 5.91 Å². The Morgan fingerprint density at radius 2 is 2.25 bits per heavy atom. The van der Waals surface area contributed by atoms with Crippen molar-refractivity contribution in [1.82, 2.24) is 5.32 Å². The average molecular weight is 169 g/mol. The van der Waals surface area contributed by atoms with Gasteiger partial charge in [0.05, 0.1) is 6.04 Å². The van der Waals surface area contributed by atoms with E-state index < -0.39 is 0 Å². The largest absolute Gasteiger partial charge is 0.346 e. The van der Waals surface area contributed by atoms with Crippen molar-refractivity contribution in [1.29, 1.82) is 0 Å². The molecule has 1 unspecified atom stereocenters. The zero-order valence-corrected chi connectivity index (χ0v) is 7.59. The van der Waals surface area contributed by atoms with Crippen LogP contribution in [0.25, 0.3) is 0 Å². The molecular weight excluding hydrogens is 154 g/mol. The normalized spacial score (nSPS) is 23.9. The van der Waals surface area contributed by atoms with Gasteiger partial charge in [0.15, 0.2) is 5.78 Å². The molecule has 68 valence electrons. The fourth-order valence-corrected chi connectivity index (χ4v) is 1.42. The number of rotatable bonds is 2. The Hall–Kier alpha value is -0.860. The first-order valence-corrected chi connectivity index (χ1v) is 4.44. The van der Waals surface area contributed by atoms with Crippen molar-refractivity contribution in [2.24, 2.45) is 5.92 Å². The van der Waals surface area contributed by atoms with Crippen LogP contribution in [0.1, 0.15) is 33.1 Å². The first kappa shape index (κ1) is 9.23. The first-order chi connectivity index (χ1) is 5.61. The topological polar surface area (TPSA) is 46.2 Å². The number of hydrogen-bond acceptors (Lipinski definition) is 2. The maximum atomic E-state index is 11.4. The van der Waals surface area contributed by atoms with E-state index in [0.717, 1.165) is 12.8 Å². The maximum absolute atomic E-state index is 11.4. The summed E-state index contributed by atoms with van der Waals surface area (Å²) in [6.07, 6.45) is 2.22. The number of hydrogen-bond donors (Lipinski definition) is 1. The van der Waals surface area contributed by atoms with E-state index in [0.29, 0.717) is 6.42 Å². The van der Waals surface area contributed by atoms with Gasteiger partial charge in [-0.25, -0.2) is 0 Å². The van der Waals surface area contributed by atoms with E-state index >= 15 is 0 Å². The Kier molecular flexibility index (Phi) is 2.84. The number of nitrogens with one attached hydrogen (secondary N) is 1. The van der Waals surface area contributed by atoms with Crippen LogP contribution < -0.4 is 5.32 Å². The molecule has 0 saturated carbocycles. The Balaban J connectivity index is 2.51. The standard InChI is InChI=1S/C9H15NO2/c1-6(2)9(12)7-4-3-5-8(11)10-7/h6-7H,3-5H2,1-2H3,(H,10,11). The lowest BCUT2D eigenvalue weighted by Gasteiger charge is -2.23. The lowest BCUT2D eigenvalue weighted by atomic mass is 9.94. The van der Waals surface area contributed by atoms with Crippen LogP contribution >= 0.6 is 0 Å². The molecule has 1 aliphatic rings. The highest BCUT2D eigenvalue weighted by molar-refractivity contribution is 5.91. The molecular formula is C9H15NO2. The van der Waals surface area contributed by atoms with Gasteiger partial charge in [-0.2, -0.15) is 0 Å². The molecule has 1 heterocycles. The summed E-state index contributed by atoms with van der Waals surface area (Å²) in [6, 6.07) is -0.216. The number of carbonyl (C=O) groups is 2. The number of carbonyl (C=O) groups excluding carboxylic acids is 2. The van der Waals surface area contributed by atoms with Gasteiger partial charge in [-0.1, -0.05) is 13.8 Å². The molecule has 0 aromatic rings. The number of ketones is 1. The molecule has 0 aliphatic carbocycles. The summed E-state index contributed by atoms with van der Waals surface area (Å²) < 4.78 is 0. The highest BCUT2D eigenvalue weighted by Gasteiger charge is 2.25. The summed E-state index contributed by atoms with van der Waals surface area (Å²) in [5.74, 6) is 0.191. The molecule has 1 amide bonds. The van der Waals surface area contributed by atoms with Crippen LogP contribution in [0.2, 0.25) is 0 Å². The molecule has 3 nitrogen and oxygen atoms in total. The van der Waals surface area contributed by atoms with Crippen molar-refractivity contribution >= 4 is 11.7 Å². The van der Waals surface area contributed by atoms with Crippen molar-refractivity contribution in [2.75, 3.05) is 0 Å². The molecule has 0 radical (unpaired) electrons. The van der Waals surface area contributed by atoms with Gasteiger partial charge < -0.3 is 5.32 Å². The molecule has 1 N–H and O–H groups in total. The fourth-order valence-electron chi connectivity index (χ4n) is 1.42. The maximum Gasteiger partial charge on any atom is 0.220 e. The Labute approximate surface area is 72.5 Å². The monoisotopic (exact) mass is 169 g/mol. The highest BCUT2D eigenvalue weighted by Crippen LogP contribution is 2.12. The minimum atomic E-state index is -0.216. The van der Waals surface area contributed by atoms with Gasteiger partial charge in [-0.15, -0.1) is 0 Å². The van der Waals surface area contributed by atoms with E-state index in [-0.39, 0.29) is 23.7 Å². The average Bonchev–Trinajstić information content (AvgIpc) is 2.03. The summed E-state index contributed by atoms with van der Waals surface area (Å²) in [5.41, 5.74) is 0. The molecule has 1 rings (SSSR count). The van der Waals surface area contributed by atoms with Crippen LogP contribution in [0.4, 0.5) is 0 Å². The summed E-state index contributed by atoms with van der Waals surface area (Å²) >= 11 is 0. The molecule has 1 fully saturated rings. The van der Waals surface area contributed by atoms with Crippen LogP contribution in [0.15, 0.2) is 0 Å². The quantitative estimate of drug-likeness (QED) is 0.667. The van der Waals surface area contributed by atoms with Crippen molar-refractivity contribution in [3.63, 3.8) is 0 Å². The number of piperidine rings is 1. The Morgan fingerprint density at radius 3 is 2.75 bits per heavy atom. The van der Waals surface area contributed by atoms with Gasteiger partial charge in [-0.3, -0.25) is 9.59 Å². The minimum Gasteiger partial charge on any atom is -0.346 e. The Morgan fingerprint density at radius 1 is 1.58 bits per heavy atom. The van der Waals surface area contributed by atoms with Crippen LogP contribution in [-0.4, -0.2) is 17.7 Å². The zero-order valence-electron chi connectivity index (χ0n) is 7.59. The first-order valence-electron chi connectivity index (χ1n) is 4.44.